The second-order valence-electron chi connectivity index (χ2n) is 9.76. The molecule has 2 aromatic heterocycles. The lowest BCUT2D eigenvalue weighted by Crippen LogP contribution is -2.45. The van der Waals surface area contributed by atoms with Crippen molar-refractivity contribution in [3.8, 4) is 5.69 Å². The van der Waals surface area contributed by atoms with Gasteiger partial charge in [-0.2, -0.15) is 5.10 Å². The van der Waals surface area contributed by atoms with Gasteiger partial charge in [-0.25, -0.2) is 9.67 Å². The quantitative estimate of drug-likeness (QED) is 0.457. The Morgan fingerprint density at radius 3 is 2.51 bits per heavy atom. The predicted molar refractivity (Wildman–Crippen MR) is 134 cm³/mol. The summed E-state index contributed by atoms with van der Waals surface area (Å²) in [5, 5.41) is 5.12. The molecule has 1 aromatic carbocycles. The number of halogens is 1. The van der Waals surface area contributed by atoms with Crippen LogP contribution in [0, 0.1) is 6.92 Å². The summed E-state index contributed by atoms with van der Waals surface area (Å²) in [6.07, 6.45) is 7.92. The fraction of sp³-hybridized carbons (Fsp3) is 0.444. The summed E-state index contributed by atoms with van der Waals surface area (Å²) in [6, 6.07) is 9.64. The molecule has 2 aliphatic heterocycles. The van der Waals surface area contributed by atoms with Crippen LogP contribution in [0.25, 0.3) is 5.69 Å². The second-order valence-corrected chi connectivity index (χ2v) is 10.2. The van der Waals surface area contributed by atoms with Crippen LogP contribution >= 0.6 is 11.6 Å². The molecule has 3 fully saturated rings. The van der Waals surface area contributed by atoms with Crippen LogP contribution in [0.3, 0.4) is 0 Å². The van der Waals surface area contributed by atoms with Crippen LogP contribution in [0.5, 0.6) is 0 Å². The molecule has 0 amide bonds. The Balaban J connectivity index is 1.19. The van der Waals surface area contributed by atoms with Crippen LogP contribution in [-0.4, -0.2) is 52.6 Å². The van der Waals surface area contributed by atoms with Crippen LogP contribution in [-0.2, 0) is 15.9 Å². The standard InChI is InChI=1S/C27H29ClN4O3/c1-18-24(17-30-32(18)22-6-4-21(28)5-7-22)25(33)15-19-14-23(20-2-3-20)26(29-16-19)31-10-8-27(9-11-31)34-12-13-35-27/h4-7,14,16-17,20H,2-3,8-13,15H2,1H3. The zero-order valence-corrected chi connectivity index (χ0v) is 20.6. The van der Waals surface area contributed by atoms with Crippen molar-refractivity contribution in [3.05, 3.63) is 70.1 Å². The van der Waals surface area contributed by atoms with Gasteiger partial charge in [-0.05, 0) is 67.1 Å². The number of ether oxygens (including phenoxy) is 2. The number of rotatable bonds is 6. The van der Waals surface area contributed by atoms with Crippen LogP contribution in [0.4, 0.5) is 5.82 Å². The number of aromatic nitrogens is 3. The third-order valence-electron chi connectivity index (χ3n) is 7.35. The lowest BCUT2D eigenvalue weighted by atomic mass is 10.00. The van der Waals surface area contributed by atoms with E-state index in [1.807, 2.05) is 37.4 Å². The largest absolute Gasteiger partial charge is 0.356 e. The van der Waals surface area contributed by atoms with Gasteiger partial charge in [-0.15, -0.1) is 0 Å². The first-order valence-electron chi connectivity index (χ1n) is 12.4. The number of anilines is 1. The zero-order valence-electron chi connectivity index (χ0n) is 19.9. The van der Waals surface area contributed by atoms with Crippen LogP contribution in [0.1, 0.15) is 58.8 Å². The minimum absolute atomic E-state index is 0.0504. The number of nitrogens with zero attached hydrogens (tertiary/aromatic N) is 4. The average molecular weight is 493 g/mol. The summed E-state index contributed by atoms with van der Waals surface area (Å²) in [7, 11) is 0. The van der Waals surface area contributed by atoms with E-state index in [1.54, 1.807) is 10.9 Å². The van der Waals surface area contributed by atoms with Crippen molar-refractivity contribution in [2.75, 3.05) is 31.2 Å². The molecular formula is C27H29ClN4O3. The summed E-state index contributed by atoms with van der Waals surface area (Å²) in [5.41, 5.74) is 4.56. The summed E-state index contributed by atoms with van der Waals surface area (Å²) >= 11 is 6.01. The molecule has 0 radical (unpaired) electrons. The molecule has 7 nitrogen and oxygen atoms in total. The van der Waals surface area contributed by atoms with Crippen molar-refractivity contribution in [3.63, 3.8) is 0 Å². The minimum Gasteiger partial charge on any atom is -0.356 e. The molecule has 4 heterocycles. The van der Waals surface area contributed by atoms with Gasteiger partial charge in [0, 0.05) is 43.6 Å². The van der Waals surface area contributed by atoms with E-state index in [2.05, 4.69) is 16.1 Å². The van der Waals surface area contributed by atoms with Crippen LogP contribution < -0.4 is 4.90 Å². The van der Waals surface area contributed by atoms with Gasteiger partial charge in [0.1, 0.15) is 5.82 Å². The summed E-state index contributed by atoms with van der Waals surface area (Å²) in [6.45, 7) is 5.04. The molecule has 1 spiro atoms. The first kappa shape index (κ1) is 22.7. The predicted octanol–water partition coefficient (Wildman–Crippen LogP) is 4.88. The van der Waals surface area contributed by atoms with E-state index in [1.165, 1.54) is 18.4 Å². The highest BCUT2D eigenvalue weighted by atomic mass is 35.5. The van der Waals surface area contributed by atoms with E-state index in [9.17, 15) is 4.79 Å². The summed E-state index contributed by atoms with van der Waals surface area (Å²) < 4.78 is 13.6. The lowest BCUT2D eigenvalue weighted by Gasteiger charge is -2.38. The van der Waals surface area contributed by atoms with Crippen molar-refractivity contribution in [1.29, 1.82) is 0 Å². The Hall–Kier alpha value is -2.74. The maximum absolute atomic E-state index is 13.2. The number of piperidine rings is 1. The fourth-order valence-corrected chi connectivity index (χ4v) is 5.35. The Morgan fingerprint density at radius 1 is 1.11 bits per heavy atom. The molecule has 0 N–H and O–H groups in total. The van der Waals surface area contributed by atoms with Crippen LogP contribution in [0.2, 0.25) is 5.02 Å². The van der Waals surface area contributed by atoms with Crippen molar-refractivity contribution in [2.24, 2.45) is 0 Å². The average Bonchev–Trinajstić information content (AvgIpc) is 3.51. The van der Waals surface area contributed by atoms with Crippen LogP contribution in [0.15, 0.2) is 42.7 Å². The first-order valence-corrected chi connectivity index (χ1v) is 12.7. The van der Waals surface area contributed by atoms with Gasteiger partial charge in [-0.3, -0.25) is 4.79 Å². The second kappa shape index (κ2) is 9.04. The van der Waals surface area contributed by atoms with E-state index in [-0.39, 0.29) is 5.78 Å². The maximum atomic E-state index is 13.2. The molecular weight excluding hydrogens is 464 g/mol. The zero-order chi connectivity index (χ0) is 24.0. The molecule has 0 unspecified atom stereocenters. The number of hydrogen-bond donors (Lipinski definition) is 0. The fourth-order valence-electron chi connectivity index (χ4n) is 5.23. The van der Waals surface area contributed by atoms with E-state index < -0.39 is 5.79 Å². The summed E-state index contributed by atoms with van der Waals surface area (Å²) in [4.78, 5) is 20.4. The lowest BCUT2D eigenvalue weighted by molar-refractivity contribution is -0.169. The van der Waals surface area contributed by atoms with Gasteiger partial charge in [0.2, 0.25) is 0 Å². The Morgan fingerprint density at radius 2 is 1.83 bits per heavy atom. The van der Waals surface area contributed by atoms with Gasteiger partial charge in [0.15, 0.2) is 11.6 Å². The van der Waals surface area contributed by atoms with Crippen molar-refractivity contribution in [1.82, 2.24) is 14.8 Å². The SMILES string of the molecule is Cc1c(C(=O)Cc2cnc(N3CCC4(CC3)OCCO4)c(C3CC3)c2)cnn1-c1ccc(Cl)cc1. The Bertz CT molecular complexity index is 1240. The molecule has 182 valence electrons. The number of Topliss-reactive ketones (excluding diaryl/α,β-unsaturated/α-hetero) is 1. The van der Waals surface area contributed by atoms with Gasteiger partial charge >= 0.3 is 0 Å². The molecule has 1 saturated carbocycles. The highest BCUT2D eigenvalue weighted by Crippen LogP contribution is 2.45. The van der Waals surface area contributed by atoms with E-state index >= 15 is 0 Å². The molecule has 0 atom stereocenters. The number of hydrogen-bond acceptors (Lipinski definition) is 6. The topological polar surface area (TPSA) is 69.5 Å². The van der Waals surface area contributed by atoms with Crippen molar-refractivity contribution >= 4 is 23.2 Å². The number of benzene rings is 1. The molecule has 35 heavy (non-hydrogen) atoms. The molecule has 8 heteroatoms. The summed E-state index contributed by atoms with van der Waals surface area (Å²) in [5.74, 6) is 1.26. The minimum atomic E-state index is -0.392. The monoisotopic (exact) mass is 492 g/mol. The van der Waals surface area contributed by atoms with Crippen molar-refractivity contribution in [2.45, 2.75) is 50.7 Å². The highest BCUT2D eigenvalue weighted by molar-refractivity contribution is 6.30. The molecule has 3 aromatic rings. The number of pyridine rings is 1. The number of carbonyl (C=O) groups is 1. The molecule has 0 bridgehead atoms. The van der Waals surface area contributed by atoms with E-state index in [0.717, 1.165) is 48.7 Å². The highest BCUT2D eigenvalue weighted by Gasteiger charge is 2.41. The van der Waals surface area contributed by atoms with Gasteiger partial charge in [-0.1, -0.05) is 11.6 Å². The normalized spacial score (nSPS) is 19.4. The first-order chi connectivity index (χ1) is 17.0. The van der Waals surface area contributed by atoms with Gasteiger partial charge in [0.05, 0.1) is 36.4 Å². The third kappa shape index (κ3) is 4.48. The third-order valence-corrected chi connectivity index (χ3v) is 7.61. The Labute approximate surface area is 210 Å². The molecule has 1 aliphatic carbocycles. The molecule has 2 saturated heterocycles. The van der Waals surface area contributed by atoms with Crippen molar-refractivity contribution < 1.29 is 14.3 Å². The molecule has 6 rings (SSSR count). The number of ketones is 1. The maximum Gasteiger partial charge on any atom is 0.171 e. The molecule has 3 aliphatic rings. The van der Waals surface area contributed by atoms with E-state index in [0.29, 0.717) is 36.1 Å². The Kier molecular flexibility index (Phi) is 5.87. The smallest absolute Gasteiger partial charge is 0.171 e. The van der Waals surface area contributed by atoms with Gasteiger partial charge < -0.3 is 14.4 Å². The van der Waals surface area contributed by atoms with Gasteiger partial charge in [0.25, 0.3) is 0 Å². The number of carbonyl (C=O) groups excluding carboxylic acids is 1. The van der Waals surface area contributed by atoms with E-state index in [4.69, 9.17) is 26.1 Å².